The minimum Gasteiger partial charge on any atom is -0.484 e. The zero-order chi connectivity index (χ0) is 25.1. The lowest BCUT2D eigenvalue weighted by atomic mass is 9.84. The highest BCUT2D eigenvalue weighted by Crippen LogP contribution is 2.34. The third kappa shape index (κ3) is 6.73. The van der Waals surface area contributed by atoms with Crippen molar-refractivity contribution in [3.63, 3.8) is 0 Å². The summed E-state index contributed by atoms with van der Waals surface area (Å²) >= 11 is 11.1. The van der Waals surface area contributed by atoms with Gasteiger partial charge in [0, 0.05) is 24.3 Å². The van der Waals surface area contributed by atoms with Gasteiger partial charge in [-0.05, 0) is 25.1 Å². The van der Waals surface area contributed by atoms with Gasteiger partial charge in [0.15, 0.2) is 18.9 Å². The van der Waals surface area contributed by atoms with Gasteiger partial charge in [-0.25, -0.2) is 9.37 Å². The zero-order valence-corrected chi connectivity index (χ0v) is 18.9. The first-order chi connectivity index (χ1) is 15.8. The number of pyridine rings is 1. The standard InChI is InChI=1S/C21H17Cl2F4N3O4/c1-20(30-18(32)10-33-12-2-3-14(22)16(24)5-12)6-11(7-20)29-17(31)9-34-13-4-15(23)19(28-8-13)21(25,26)27/h2-6,8H,7,9-10H2,1H3,(H,29,31)(H,30,32). The maximum atomic E-state index is 13.4. The average molecular weight is 522 g/mol. The van der Waals surface area contributed by atoms with Crippen molar-refractivity contribution in [2.75, 3.05) is 13.2 Å². The number of hydrogen-bond donors (Lipinski definition) is 2. The van der Waals surface area contributed by atoms with Crippen molar-refractivity contribution in [1.82, 2.24) is 15.6 Å². The molecule has 0 radical (unpaired) electrons. The first-order valence-corrected chi connectivity index (χ1v) is 10.4. The van der Waals surface area contributed by atoms with Gasteiger partial charge in [-0.15, -0.1) is 0 Å². The van der Waals surface area contributed by atoms with Crippen LogP contribution in [0.15, 0.2) is 42.2 Å². The van der Waals surface area contributed by atoms with Crippen LogP contribution < -0.4 is 20.1 Å². The molecule has 34 heavy (non-hydrogen) atoms. The molecule has 1 aliphatic carbocycles. The van der Waals surface area contributed by atoms with Gasteiger partial charge in [0.05, 0.1) is 21.8 Å². The fourth-order valence-corrected chi connectivity index (χ4v) is 3.43. The smallest absolute Gasteiger partial charge is 0.434 e. The molecule has 2 N–H and O–H groups in total. The van der Waals surface area contributed by atoms with Gasteiger partial charge in [0.25, 0.3) is 11.8 Å². The van der Waals surface area contributed by atoms with Crippen molar-refractivity contribution < 1.29 is 36.6 Å². The number of aromatic nitrogens is 1. The van der Waals surface area contributed by atoms with Gasteiger partial charge < -0.3 is 20.1 Å². The van der Waals surface area contributed by atoms with Crippen LogP contribution in [0.1, 0.15) is 19.0 Å². The number of rotatable bonds is 8. The van der Waals surface area contributed by atoms with E-state index in [4.69, 9.17) is 32.7 Å². The Balaban J connectivity index is 1.43. The molecule has 2 aromatic rings. The zero-order valence-electron chi connectivity index (χ0n) is 17.4. The van der Waals surface area contributed by atoms with Crippen molar-refractivity contribution in [3.05, 3.63) is 63.8 Å². The molecule has 0 spiro atoms. The summed E-state index contributed by atoms with van der Waals surface area (Å²) in [6.07, 6.45) is -1.97. The molecule has 1 aliphatic rings. The predicted molar refractivity (Wildman–Crippen MR) is 114 cm³/mol. The minimum absolute atomic E-state index is 0.0660. The van der Waals surface area contributed by atoms with Gasteiger partial charge in [-0.1, -0.05) is 23.2 Å². The molecule has 1 unspecified atom stereocenters. The van der Waals surface area contributed by atoms with E-state index in [9.17, 15) is 27.2 Å². The number of ether oxygens (including phenoxy) is 2. The molecule has 0 saturated carbocycles. The Kier molecular flexibility index (Phi) is 7.57. The van der Waals surface area contributed by atoms with Gasteiger partial charge in [0.2, 0.25) is 0 Å². The number of halogens is 6. The molecule has 182 valence electrons. The van der Waals surface area contributed by atoms with E-state index >= 15 is 0 Å². The summed E-state index contributed by atoms with van der Waals surface area (Å²) in [6, 6.07) is 4.71. The number of amides is 2. The van der Waals surface area contributed by atoms with Crippen molar-refractivity contribution in [1.29, 1.82) is 0 Å². The number of carbonyl (C=O) groups excluding carboxylic acids is 2. The highest BCUT2D eigenvalue weighted by Gasteiger charge is 2.36. The van der Waals surface area contributed by atoms with Gasteiger partial charge in [0.1, 0.15) is 17.3 Å². The molecule has 1 aromatic heterocycles. The van der Waals surface area contributed by atoms with Crippen LogP contribution >= 0.6 is 23.2 Å². The first-order valence-electron chi connectivity index (χ1n) is 9.61. The summed E-state index contributed by atoms with van der Waals surface area (Å²) < 4.78 is 61.7. The monoisotopic (exact) mass is 521 g/mol. The molecule has 1 aromatic carbocycles. The van der Waals surface area contributed by atoms with E-state index in [1.165, 1.54) is 12.1 Å². The maximum Gasteiger partial charge on any atom is 0.434 e. The third-order valence-corrected chi connectivity index (χ3v) is 5.09. The normalized spacial score (nSPS) is 17.3. The molecule has 13 heteroatoms. The van der Waals surface area contributed by atoms with Crippen LogP contribution in [0.2, 0.25) is 10.0 Å². The van der Waals surface area contributed by atoms with Crippen molar-refractivity contribution in [3.8, 4) is 11.5 Å². The lowest BCUT2D eigenvalue weighted by molar-refractivity contribution is -0.141. The average Bonchev–Trinajstić information content (AvgIpc) is 2.71. The Morgan fingerprint density at radius 1 is 1.09 bits per heavy atom. The molecule has 3 rings (SSSR count). The maximum absolute atomic E-state index is 13.4. The number of nitrogens with zero attached hydrogens (tertiary/aromatic N) is 1. The second kappa shape index (κ2) is 10.1. The van der Waals surface area contributed by atoms with Gasteiger partial charge in [-0.3, -0.25) is 9.59 Å². The molecule has 7 nitrogen and oxygen atoms in total. The third-order valence-electron chi connectivity index (χ3n) is 4.49. The van der Waals surface area contributed by atoms with Crippen molar-refractivity contribution in [2.45, 2.75) is 25.1 Å². The Bertz CT molecular complexity index is 1140. The highest BCUT2D eigenvalue weighted by molar-refractivity contribution is 6.31. The SMILES string of the molecule is CC1(NC(=O)COc2ccc(Cl)c(F)c2)C=C(NC(=O)COc2cnc(C(F)(F)F)c(Cl)c2)C1. The fourth-order valence-electron chi connectivity index (χ4n) is 3.05. The first kappa shape index (κ1) is 25.6. The summed E-state index contributed by atoms with van der Waals surface area (Å²) in [4.78, 5) is 27.3. The Morgan fingerprint density at radius 3 is 2.35 bits per heavy atom. The number of carbonyl (C=O) groups is 2. The van der Waals surface area contributed by atoms with Crippen LogP contribution in [-0.4, -0.2) is 35.6 Å². The van der Waals surface area contributed by atoms with Crippen LogP contribution in [0.3, 0.4) is 0 Å². The summed E-state index contributed by atoms with van der Waals surface area (Å²) in [5.74, 6) is -1.66. The van der Waals surface area contributed by atoms with E-state index in [-0.39, 0.29) is 23.1 Å². The van der Waals surface area contributed by atoms with Crippen molar-refractivity contribution in [2.24, 2.45) is 0 Å². The van der Waals surface area contributed by atoms with E-state index in [0.29, 0.717) is 12.1 Å². The van der Waals surface area contributed by atoms with E-state index in [0.717, 1.165) is 18.3 Å². The number of alkyl halides is 3. The summed E-state index contributed by atoms with van der Waals surface area (Å²) in [5, 5.41) is 4.56. The molecular formula is C21H17Cl2F4N3O4. The molecule has 2 amide bonds. The lowest BCUT2D eigenvalue weighted by Gasteiger charge is -2.37. The van der Waals surface area contributed by atoms with Gasteiger partial charge in [-0.2, -0.15) is 13.2 Å². The quantitative estimate of drug-likeness (QED) is 0.506. The Hall–Kier alpha value is -3.05. The van der Waals surface area contributed by atoms with Crippen LogP contribution in [0.4, 0.5) is 17.6 Å². The number of benzene rings is 1. The Labute approximate surface area is 201 Å². The fraction of sp³-hybridized carbons (Fsp3) is 0.286. The van der Waals surface area contributed by atoms with Crippen LogP contribution in [0, 0.1) is 5.82 Å². The molecule has 0 aliphatic heterocycles. The number of hydrogen-bond acceptors (Lipinski definition) is 5. The molecule has 0 saturated heterocycles. The summed E-state index contributed by atoms with van der Waals surface area (Å²) in [7, 11) is 0. The van der Waals surface area contributed by atoms with Crippen LogP contribution in [0.25, 0.3) is 0 Å². The topological polar surface area (TPSA) is 89.6 Å². The highest BCUT2D eigenvalue weighted by atomic mass is 35.5. The molecule has 1 atom stereocenters. The van der Waals surface area contributed by atoms with E-state index in [1.807, 2.05) is 0 Å². The van der Waals surface area contributed by atoms with Gasteiger partial charge >= 0.3 is 6.18 Å². The number of nitrogens with one attached hydrogen (secondary N) is 2. The van der Waals surface area contributed by atoms with Crippen molar-refractivity contribution >= 4 is 35.0 Å². The molecular weight excluding hydrogens is 505 g/mol. The summed E-state index contributed by atoms with van der Waals surface area (Å²) in [6.45, 7) is 0.869. The van der Waals surface area contributed by atoms with Crippen LogP contribution in [0.5, 0.6) is 11.5 Å². The summed E-state index contributed by atoms with van der Waals surface area (Å²) in [5.41, 5.74) is -1.47. The van der Waals surface area contributed by atoms with E-state index in [2.05, 4.69) is 15.6 Å². The van der Waals surface area contributed by atoms with Crippen LogP contribution in [-0.2, 0) is 15.8 Å². The minimum atomic E-state index is -4.70. The predicted octanol–water partition coefficient (Wildman–Crippen LogP) is 4.28. The Morgan fingerprint density at radius 2 is 1.74 bits per heavy atom. The second-order valence-electron chi connectivity index (χ2n) is 7.51. The largest absolute Gasteiger partial charge is 0.484 e. The van der Waals surface area contributed by atoms with E-state index < -0.39 is 46.7 Å². The molecule has 0 fully saturated rings. The molecule has 1 heterocycles. The molecule has 0 bridgehead atoms. The van der Waals surface area contributed by atoms with E-state index in [1.54, 1.807) is 13.0 Å². The lowest BCUT2D eigenvalue weighted by Crippen LogP contribution is -2.53. The second-order valence-corrected chi connectivity index (χ2v) is 8.33.